The average Bonchev–Trinajstić information content (AvgIpc) is 2.55. The lowest BCUT2D eigenvalue weighted by Gasteiger charge is -2.31. The molecule has 3 heteroatoms. The average molecular weight is 329 g/mol. The standard InChI is InChI=1S/C18H26Cl2O/c1-17(2,3)14-5-4-9-18(21,10-8-14)12-13-11-15(19)6-7-16(13)20/h6-7,11,14,21H,4-5,8-10,12H2,1-3H3. The van der Waals surface area contributed by atoms with E-state index in [-0.39, 0.29) is 0 Å². The minimum Gasteiger partial charge on any atom is -0.390 e. The summed E-state index contributed by atoms with van der Waals surface area (Å²) in [6, 6.07) is 5.49. The first kappa shape index (κ1) is 17.1. The van der Waals surface area contributed by atoms with Gasteiger partial charge in [0.25, 0.3) is 0 Å². The van der Waals surface area contributed by atoms with Crippen LogP contribution in [0.4, 0.5) is 0 Å². The van der Waals surface area contributed by atoms with Gasteiger partial charge in [0.15, 0.2) is 0 Å². The van der Waals surface area contributed by atoms with Crippen molar-refractivity contribution < 1.29 is 5.11 Å². The first-order valence-corrected chi connectivity index (χ1v) is 8.61. The summed E-state index contributed by atoms with van der Waals surface area (Å²) in [5, 5.41) is 12.4. The van der Waals surface area contributed by atoms with Crippen LogP contribution in [0, 0.1) is 11.3 Å². The summed E-state index contributed by atoms with van der Waals surface area (Å²) in [5.41, 5.74) is 0.633. The maximum atomic E-state index is 11.0. The Labute approximate surface area is 138 Å². The molecule has 1 fully saturated rings. The number of aliphatic hydroxyl groups is 1. The predicted molar refractivity (Wildman–Crippen MR) is 91.1 cm³/mol. The van der Waals surface area contributed by atoms with E-state index in [0.717, 1.165) is 31.2 Å². The molecule has 1 aromatic carbocycles. The van der Waals surface area contributed by atoms with Crippen molar-refractivity contribution >= 4 is 23.2 Å². The summed E-state index contributed by atoms with van der Waals surface area (Å²) in [6.07, 6.45) is 5.66. The predicted octanol–water partition coefficient (Wildman–Crippen LogP) is 5.89. The second kappa shape index (κ2) is 6.48. The Morgan fingerprint density at radius 1 is 1.19 bits per heavy atom. The number of halogens is 2. The molecule has 0 saturated heterocycles. The van der Waals surface area contributed by atoms with Crippen LogP contribution >= 0.6 is 23.2 Å². The molecule has 0 aromatic heterocycles. The molecule has 1 aromatic rings. The lowest BCUT2D eigenvalue weighted by molar-refractivity contribution is 0.0225. The monoisotopic (exact) mass is 328 g/mol. The van der Waals surface area contributed by atoms with Crippen LogP contribution in [-0.4, -0.2) is 10.7 Å². The van der Waals surface area contributed by atoms with Crippen molar-refractivity contribution in [1.29, 1.82) is 0 Å². The molecule has 0 aliphatic heterocycles. The van der Waals surface area contributed by atoms with Crippen molar-refractivity contribution in [3.8, 4) is 0 Å². The number of hydrogen-bond acceptors (Lipinski definition) is 1. The fraction of sp³-hybridized carbons (Fsp3) is 0.667. The summed E-state index contributed by atoms with van der Waals surface area (Å²) in [5.74, 6) is 0.682. The van der Waals surface area contributed by atoms with Gasteiger partial charge in [-0.1, -0.05) is 50.4 Å². The van der Waals surface area contributed by atoms with Crippen molar-refractivity contribution in [2.24, 2.45) is 11.3 Å². The van der Waals surface area contributed by atoms with Crippen molar-refractivity contribution in [1.82, 2.24) is 0 Å². The van der Waals surface area contributed by atoms with Crippen molar-refractivity contribution in [3.63, 3.8) is 0 Å². The highest BCUT2D eigenvalue weighted by Gasteiger charge is 2.35. The van der Waals surface area contributed by atoms with Crippen LogP contribution in [-0.2, 0) is 6.42 Å². The Balaban J connectivity index is 2.10. The summed E-state index contributed by atoms with van der Waals surface area (Å²) >= 11 is 12.3. The number of hydrogen-bond donors (Lipinski definition) is 1. The van der Waals surface area contributed by atoms with E-state index in [1.807, 2.05) is 12.1 Å². The van der Waals surface area contributed by atoms with Crippen molar-refractivity contribution in [2.75, 3.05) is 0 Å². The minimum absolute atomic E-state index is 0.318. The fourth-order valence-electron chi connectivity index (χ4n) is 3.47. The number of rotatable bonds is 2. The van der Waals surface area contributed by atoms with Crippen LogP contribution in [0.5, 0.6) is 0 Å². The Morgan fingerprint density at radius 2 is 1.90 bits per heavy atom. The second-order valence-electron chi connectivity index (χ2n) is 7.63. The zero-order valence-corrected chi connectivity index (χ0v) is 14.8. The highest BCUT2D eigenvalue weighted by atomic mass is 35.5. The van der Waals surface area contributed by atoms with Gasteiger partial charge in [-0.25, -0.2) is 0 Å². The normalized spacial score (nSPS) is 27.4. The molecular weight excluding hydrogens is 303 g/mol. The third-order valence-electron chi connectivity index (χ3n) is 4.90. The van der Waals surface area contributed by atoms with Gasteiger partial charge in [-0.3, -0.25) is 0 Å². The molecule has 0 heterocycles. The largest absolute Gasteiger partial charge is 0.390 e. The first-order valence-electron chi connectivity index (χ1n) is 7.86. The first-order chi connectivity index (χ1) is 9.70. The molecule has 118 valence electrons. The van der Waals surface area contributed by atoms with Gasteiger partial charge in [-0.2, -0.15) is 0 Å². The molecule has 0 spiro atoms. The SMILES string of the molecule is CC(C)(C)C1CCCC(O)(Cc2cc(Cl)ccc2Cl)CC1. The van der Waals surface area contributed by atoms with Gasteiger partial charge < -0.3 is 5.11 Å². The smallest absolute Gasteiger partial charge is 0.0688 e. The van der Waals surface area contributed by atoms with Gasteiger partial charge in [0.2, 0.25) is 0 Å². The maximum absolute atomic E-state index is 11.0. The van der Waals surface area contributed by atoms with E-state index in [9.17, 15) is 5.11 Å². The molecule has 2 atom stereocenters. The van der Waals surface area contributed by atoms with Crippen LogP contribution < -0.4 is 0 Å². The molecule has 1 nitrogen and oxygen atoms in total. The molecule has 1 aliphatic carbocycles. The lowest BCUT2D eigenvalue weighted by atomic mass is 9.76. The van der Waals surface area contributed by atoms with Crippen molar-refractivity contribution in [2.45, 2.75) is 64.9 Å². The highest BCUT2D eigenvalue weighted by Crippen LogP contribution is 2.41. The van der Waals surface area contributed by atoms with E-state index < -0.39 is 5.60 Å². The van der Waals surface area contributed by atoms with Crippen LogP contribution in [0.15, 0.2) is 18.2 Å². The van der Waals surface area contributed by atoms with Gasteiger partial charge in [-0.05, 0) is 60.8 Å². The molecule has 0 bridgehead atoms. The zero-order valence-electron chi connectivity index (χ0n) is 13.3. The van der Waals surface area contributed by atoms with E-state index in [4.69, 9.17) is 23.2 Å². The molecule has 1 N–H and O–H groups in total. The molecule has 0 radical (unpaired) electrons. The molecular formula is C18H26Cl2O. The fourth-order valence-corrected chi connectivity index (χ4v) is 3.84. The summed E-state index contributed by atoms with van der Waals surface area (Å²) in [7, 11) is 0. The van der Waals surface area contributed by atoms with Crippen LogP contribution in [0.1, 0.15) is 58.4 Å². The molecule has 1 saturated carbocycles. The van der Waals surface area contributed by atoms with Gasteiger partial charge in [0.1, 0.15) is 0 Å². The van der Waals surface area contributed by atoms with E-state index in [1.165, 1.54) is 6.42 Å². The zero-order chi connectivity index (χ0) is 15.7. The molecule has 1 aliphatic rings. The summed E-state index contributed by atoms with van der Waals surface area (Å²) in [4.78, 5) is 0. The van der Waals surface area contributed by atoms with E-state index in [1.54, 1.807) is 6.07 Å². The van der Waals surface area contributed by atoms with Crippen LogP contribution in [0.25, 0.3) is 0 Å². The summed E-state index contributed by atoms with van der Waals surface area (Å²) in [6.45, 7) is 6.90. The quantitative estimate of drug-likeness (QED) is 0.670. The Morgan fingerprint density at radius 3 is 2.57 bits per heavy atom. The van der Waals surface area contributed by atoms with Gasteiger partial charge in [0, 0.05) is 16.5 Å². The van der Waals surface area contributed by atoms with Gasteiger partial charge in [0.05, 0.1) is 5.60 Å². The number of benzene rings is 1. The lowest BCUT2D eigenvalue weighted by Crippen LogP contribution is -2.31. The Bertz CT molecular complexity index is 492. The maximum Gasteiger partial charge on any atom is 0.0688 e. The Kier molecular flexibility index (Phi) is 5.28. The van der Waals surface area contributed by atoms with Crippen molar-refractivity contribution in [3.05, 3.63) is 33.8 Å². The third-order valence-corrected chi connectivity index (χ3v) is 5.51. The topological polar surface area (TPSA) is 20.2 Å². The molecule has 2 unspecified atom stereocenters. The molecule has 0 amide bonds. The van der Waals surface area contributed by atoms with E-state index >= 15 is 0 Å². The molecule has 21 heavy (non-hydrogen) atoms. The third kappa shape index (κ3) is 4.61. The van der Waals surface area contributed by atoms with Crippen LogP contribution in [0.3, 0.4) is 0 Å². The highest BCUT2D eigenvalue weighted by molar-refractivity contribution is 6.33. The second-order valence-corrected chi connectivity index (χ2v) is 8.47. The minimum atomic E-state index is -0.645. The van der Waals surface area contributed by atoms with Gasteiger partial charge in [-0.15, -0.1) is 0 Å². The van der Waals surface area contributed by atoms with E-state index in [0.29, 0.717) is 27.8 Å². The molecule has 2 rings (SSSR count). The summed E-state index contributed by atoms with van der Waals surface area (Å²) < 4.78 is 0. The van der Waals surface area contributed by atoms with Crippen LogP contribution in [0.2, 0.25) is 10.0 Å². The van der Waals surface area contributed by atoms with Gasteiger partial charge >= 0.3 is 0 Å². The Hall–Kier alpha value is -0.240. The van der Waals surface area contributed by atoms with E-state index in [2.05, 4.69) is 20.8 Å².